The number of aromatic nitrogens is 3. The first-order valence-corrected chi connectivity index (χ1v) is 10.5. The highest BCUT2D eigenvalue weighted by molar-refractivity contribution is 7.99. The first kappa shape index (κ1) is 19.3. The SMILES string of the molecule is CCc1ccc(-c2nc(SCC(=O)N[C@@H](C)c3cc4ccccc4o3)n[nH]2)cc1. The van der Waals surface area contributed by atoms with Crippen LogP contribution >= 0.6 is 11.8 Å². The van der Waals surface area contributed by atoms with E-state index in [2.05, 4.69) is 39.6 Å². The van der Waals surface area contributed by atoms with E-state index in [0.29, 0.717) is 11.0 Å². The molecular formula is C22H22N4O2S. The molecular weight excluding hydrogens is 384 g/mol. The lowest BCUT2D eigenvalue weighted by Crippen LogP contribution is -2.27. The fourth-order valence-corrected chi connectivity index (χ4v) is 3.65. The largest absolute Gasteiger partial charge is 0.459 e. The molecule has 0 saturated heterocycles. The maximum atomic E-state index is 12.3. The number of amides is 1. The molecule has 6 nitrogen and oxygen atoms in total. The lowest BCUT2D eigenvalue weighted by molar-refractivity contribution is -0.119. The average Bonchev–Trinajstić information content (AvgIpc) is 3.39. The van der Waals surface area contributed by atoms with E-state index < -0.39 is 0 Å². The molecule has 0 fully saturated rings. The molecule has 29 heavy (non-hydrogen) atoms. The van der Waals surface area contributed by atoms with E-state index in [9.17, 15) is 4.79 Å². The lowest BCUT2D eigenvalue weighted by Gasteiger charge is -2.10. The molecule has 0 unspecified atom stereocenters. The number of para-hydroxylation sites is 1. The molecule has 0 spiro atoms. The van der Waals surface area contributed by atoms with Gasteiger partial charge in [-0.2, -0.15) is 0 Å². The van der Waals surface area contributed by atoms with Crippen LogP contribution in [0.2, 0.25) is 0 Å². The number of furan rings is 1. The van der Waals surface area contributed by atoms with Gasteiger partial charge >= 0.3 is 0 Å². The van der Waals surface area contributed by atoms with Crippen molar-refractivity contribution in [2.24, 2.45) is 0 Å². The highest BCUT2D eigenvalue weighted by Gasteiger charge is 2.15. The zero-order chi connectivity index (χ0) is 20.2. The van der Waals surface area contributed by atoms with Gasteiger partial charge in [0.05, 0.1) is 11.8 Å². The minimum Gasteiger partial charge on any atom is -0.459 e. The smallest absolute Gasteiger partial charge is 0.231 e. The first-order valence-electron chi connectivity index (χ1n) is 9.54. The number of aromatic amines is 1. The molecule has 2 N–H and O–H groups in total. The molecule has 0 saturated carbocycles. The number of fused-ring (bicyclic) bond motifs is 1. The summed E-state index contributed by atoms with van der Waals surface area (Å²) in [5.41, 5.74) is 3.07. The van der Waals surface area contributed by atoms with Crippen LogP contribution < -0.4 is 5.32 Å². The monoisotopic (exact) mass is 406 g/mol. The predicted octanol–water partition coefficient (Wildman–Crippen LogP) is 4.75. The summed E-state index contributed by atoms with van der Waals surface area (Å²) in [6.07, 6.45) is 0.999. The molecule has 0 radical (unpaired) electrons. The summed E-state index contributed by atoms with van der Waals surface area (Å²) in [6.45, 7) is 4.03. The molecule has 0 aliphatic rings. The molecule has 1 amide bonds. The van der Waals surface area contributed by atoms with Gasteiger partial charge in [0.2, 0.25) is 11.1 Å². The van der Waals surface area contributed by atoms with Crippen molar-refractivity contribution in [3.8, 4) is 11.4 Å². The Bertz CT molecular complexity index is 1080. The number of nitrogens with one attached hydrogen (secondary N) is 2. The third-order valence-corrected chi connectivity index (χ3v) is 5.53. The number of benzene rings is 2. The van der Waals surface area contributed by atoms with Gasteiger partial charge in [0, 0.05) is 10.9 Å². The summed E-state index contributed by atoms with van der Waals surface area (Å²) < 4.78 is 5.81. The maximum absolute atomic E-state index is 12.3. The summed E-state index contributed by atoms with van der Waals surface area (Å²) in [7, 11) is 0. The van der Waals surface area contributed by atoms with Gasteiger partial charge in [0.15, 0.2) is 5.82 Å². The number of H-pyrrole nitrogens is 1. The minimum absolute atomic E-state index is 0.0957. The van der Waals surface area contributed by atoms with Crippen molar-refractivity contribution in [2.75, 3.05) is 5.75 Å². The molecule has 148 valence electrons. The molecule has 7 heteroatoms. The Morgan fingerprint density at radius 2 is 2.00 bits per heavy atom. The Labute approximate surface area is 173 Å². The van der Waals surface area contributed by atoms with Gasteiger partial charge in [-0.25, -0.2) is 4.98 Å². The normalized spacial score (nSPS) is 12.2. The van der Waals surface area contributed by atoms with Gasteiger partial charge in [-0.1, -0.05) is 61.2 Å². The Hall–Kier alpha value is -3.06. The second-order valence-corrected chi connectivity index (χ2v) is 7.72. The van der Waals surface area contributed by atoms with Crippen LogP contribution in [0.25, 0.3) is 22.4 Å². The number of carbonyl (C=O) groups is 1. The standard InChI is InChI=1S/C22H22N4O2S/c1-3-15-8-10-16(11-9-15)21-24-22(26-25-21)29-13-20(27)23-14(2)19-12-17-6-4-5-7-18(17)28-19/h4-12,14H,3,13H2,1-2H3,(H,23,27)(H,24,25,26)/t14-/m0/s1. The van der Waals surface area contributed by atoms with Gasteiger partial charge in [0.25, 0.3) is 0 Å². The van der Waals surface area contributed by atoms with E-state index in [0.717, 1.165) is 28.7 Å². The zero-order valence-corrected chi connectivity index (χ0v) is 17.1. The van der Waals surface area contributed by atoms with Gasteiger partial charge in [0.1, 0.15) is 11.3 Å². The number of carbonyl (C=O) groups excluding carboxylic acids is 1. The van der Waals surface area contributed by atoms with Crippen molar-refractivity contribution in [1.82, 2.24) is 20.5 Å². The fraction of sp³-hybridized carbons (Fsp3) is 0.227. The van der Waals surface area contributed by atoms with Crippen LogP contribution in [0.1, 0.15) is 31.2 Å². The summed E-state index contributed by atoms with van der Waals surface area (Å²) in [5, 5.41) is 11.7. The van der Waals surface area contributed by atoms with Crippen LogP contribution in [0.4, 0.5) is 0 Å². The van der Waals surface area contributed by atoms with E-state index >= 15 is 0 Å². The van der Waals surface area contributed by atoms with E-state index in [1.54, 1.807) is 0 Å². The van der Waals surface area contributed by atoms with E-state index in [1.165, 1.54) is 17.3 Å². The van der Waals surface area contributed by atoms with Crippen molar-refractivity contribution >= 4 is 28.6 Å². The first-order chi connectivity index (χ1) is 14.1. The van der Waals surface area contributed by atoms with Crippen LogP contribution in [0.5, 0.6) is 0 Å². The van der Waals surface area contributed by atoms with Crippen LogP contribution in [-0.2, 0) is 11.2 Å². The molecule has 2 aromatic heterocycles. The Balaban J connectivity index is 1.32. The second kappa shape index (κ2) is 8.53. The summed E-state index contributed by atoms with van der Waals surface area (Å²) in [6, 6.07) is 17.8. The Morgan fingerprint density at radius 1 is 1.21 bits per heavy atom. The quantitative estimate of drug-likeness (QED) is 0.433. The lowest BCUT2D eigenvalue weighted by atomic mass is 10.1. The molecule has 2 heterocycles. The molecule has 0 aliphatic carbocycles. The van der Waals surface area contributed by atoms with Crippen molar-refractivity contribution in [3.63, 3.8) is 0 Å². The van der Waals surface area contributed by atoms with Gasteiger partial charge < -0.3 is 9.73 Å². The van der Waals surface area contributed by atoms with Gasteiger partial charge in [-0.3, -0.25) is 9.89 Å². The van der Waals surface area contributed by atoms with Crippen LogP contribution in [0, 0.1) is 0 Å². The number of nitrogens with zero attached hydrogens (tertiary/aromatic N) is 2. The summed E-state index contributed by atoms with van der Waals surface area (Å²) in [4.78, 5) is 16.8. The summed E-state index contributed by atoms with van der Waals surface area (Å²) in [5.74, 6) is 1.57. The van der Waals surface area contributed by atoms with Crippen molar-refractivity contribution < 1.29 is 9.21 Å². The zero-order valence-electron chi connectivity index (χ0n) is 16.3. The van der Waals surface area contributed by atoms with Crippen molar-refractivity contribution in [1.29, 1.82) is 0 Å². The number of hydrogen-bond acceptors (Lipinski definition) is 5. The van der Waals surface area contributed by atoms with E-state index in [1.807, 2.05) is 49.4 Å². The molecule has 0 aliphatic heterocycles. The third-order valence-electron chi connectivity index (χ3n) is 4.68. The number of thioether (sulfide) groups is 1. The number of rotatable bonds is 7. The van der Waals surface area contributed by atoms with Gasteiger partial charge in [-0.05, 0) is 31.0 Å². The topological polar surface area (TPSA) is 83.8 Å². The van der Waals surface area contributed by atoms with Crippen LogP contribution in [0.15, 0.2) is 64.2 Å². The number of aryl methyl sites for hydroxylation is 1. The molecule has 4 rings (SSSR count). The highest BCUT2D eigenvalue weighted by Crippen LogP contribution is 2.24. The van der Waals surface area contributed by atoms with Crippen molar-refractivity contribution in [2.45, 2.75) is 31.5 Å². The molecule has 4 aromatic rings. The van der Waals surface area contributed by atoms with Crippen LogP contribution in [0.3, 0.4) is 0 Å². The molecule has 2 aromatic carbocycles. The summed E-state index contributed by atoms with van der Waals surface area (Å²) >= 11 is 1.30. The Morgan fingerprint density at radius 3 is 2.76 bits per heavy atom. The predicted molar refractivity (Wildman–Crippen MR) is 115 cm³/mol. The van der Waals surface area contributed by atoms with E-state index in [-0.39, 0.29) is 17.7 Å². The Kier molecular flexibility index (Phi) is 5.67. The molecule has 1 atom stereocenters. The average molecular weight is 407 g/mol. The second-order valence-electron chi connectivity index (χ2n) is 6.78. The van der Waals surface area contributed by atoms with Gasteiger partial charge in [-0.15, -0.1) is 5.10 Å². The van der Waals surface area contributed by atoms with E-state index in [4.69, 9.17) is 4.42 Å². The fourth-order valence-electron chi connectivity index (χ4n) is 3.04. The molecule has 0 bridgehead atoms. The highest BCUT2D eigenvalue weighted by atomic mass is 32.2. The third kappa shape index (κ3) is 4.51. The maximum Gasteiger partial charge on any atom is 0.231 e. The number of hydrogen-bond donors (Lipinski definition) is 2. The van der Waals surface area contributed by atoms with Crippen LogP contribution in [-0.4, -0.2) is 26.8 Å². The minimum atomic E-state index is -0.213. The van der Waals surface area contributed by atoms with Crippen molar-refractivity contribution in [3.05, 3.63) is 65.9 Å².